The van der Waals surface area contributed by atoms with Crippen LogP contribution in [-0.2, 0) is 24.2 Å². The highest BCUT2D eigenvalue weighted by molar-refractivity contribution is 7.52. The number of hydrogen-bond donors (Lipinski definition) is 5. The molecule has 0 spiro atoms. The number of aliphatic carboxylic acids is 1. The summed E-state index contributed by atoms with van der Waals surface area (Å²) in [6, 6.07) is 10.4. The normalized spacial score (nSPS) is 27.9. The molecule has 2 aromatic heterocycles. The Morgan fingerprint density at radius 1 is 1.35 bits per heavy atom. The number of benzene rings is 1. The van der Waals surface area contributed by atoms with Crippen molar-refractivity contribution in [3.8, 4) is 11.8 Å². The first-order valence-electron chi connectivity index (χ1n) is 10.7. The standard InChI is InChI=1S/C21H22FN6O8P/c1-12(19(31)32)27-37(33,35-13-5-3-2-4-6-13)34-10-21(22)17(30)16(29)20(9-23,36-21)15-8-7-14-18(24)25-11-26-28(14)15/h2-8,11-12,16-17,29-30H,10H2,1H3,(H,27,33)(H,31,32)(H2,24,25,26)/t12-,16+,17-,20-,21+,37?/m0/s1. The number of halogens is 1. The number of fused-ring (bicyclic) bond motifs is 1. The van der Waals surface area contributed by atoms with Gasteiger partial charge in [0.2, 0.25) is 5.60 Å². The molecule has 6 atom stereocenters. The lowest BCUT2D eigenvalue weighted by molar-refractivity contribution is -0.208. The molecule has 1 fully saturated rings. The molecular weight excluding hydrogens is 514 g/mol. The molecule has 196 valence electrons. The van der Waals surface area contributed by atoms with Crippen LogP contribution in [0.25, 0.3) is 5.52 Å². The van der Waals surface area contributed by atoms with Crippen LogP contribution in [0.15, 0.2) is 48.8 Å². The molecule has 4 rings (SSSR count). The fourth-order valence-electron chi connectivity index (χ4n) is 3.72. The number of nitrogen functional groups attached to an aromatic ring is 1. The Balaban J connectivity index is 1.65. The number of rotatable bonds is 9. The topological polar surface area (TPSA) is 215 Å². The number of hydrogen-bond acceptors (Lipinski definition) is 11. The zero-order chi connectivity index (χ0) is 27.0. The van der Waals surface area contributed by atoms with E-state index in [1.54, 1.807) is 12.1 Å². The third kappa shape index (κ3) is 4.74. The molecule has 0 amide bonds. The number of carboxylic acids is 1. The van der Waals surface area contributed by atoms with Gasteiger partial charge in [0.15, 0.2) is 5.82 Å². The van der Waals surface area contributed by atoms with Crippen LogP contribution in [-0.4, -0.2) is 66.6 Å². The van der Waals surface area contributed by atoms with Crippen LogP contribution in [0, 0.1) is 11.3 Å². The van der Waals surface area contributed by atoms with Crippen LogP contribution in [0.2, 0.25) is 0 Å². The van der Waals surface area contributed by atoms with Crippen LogP contribution in [0.1, 0.15) is 12.6 Å². The van der Waals surface area contributed by atoms with Gasteiger partial charge in [-0.3, -0.25) is 9.32 Å². The van der Waals surface area contributed by atoms with Crippen molar-refractivity contribution in [1.29, 1.82) is 5.26 Å². The fourth-order valence-corrected chi connectivity index (χ4v) is 5.23. The molecule has 6 N–H and O–H groups in total. The Morgan fingerprint density at radius 2 is 2.05 bits per heavy atom. The lowest BCUT2D eigenvalue weighted by Crippen LogP contribution is -2.44. The molecule has 1 saturated heterocycles. The van der Waals surface area contributed by atoms with E-state index in [2.05, 4.69) is 15.2 Å². The summed E-state index contributed by atoms with van der Waals surface area (Å²) >= 11 is 0. The van der Waals surface area contributed by atoms with Gasteiger partial charge in [-0.15, -0.1) is 0 Å². The maximum Gasteiger partial charge on any atom is 0.459 e. The number of nitrogens with two attached hydrogens (primary N) is 1. The maximum atomic E-state index is 16.0. The number of aliphatic hydroxyl groups excluding tert-OH is 2. The van der Waals surface area contributed by atoms with Crippen molar-refractivity contribution in [2.24, 2.45) is 0 Å². The van der Waals surface area contributed by atoms with Crippen molar-refractivity contribution in [1.82, 2.24) is 19.7 Å². The highest BCUT2D eigenvalue weighted by Gasteiger charge is 2.66. The van der Waals surface area contributed by atoms with Gasteiger partial charge in [-0.2, -0.15) is 15.4 Å². The van der Waals surface area contributed by atoms with E-state index in [4.69, 9.17) is 19.5 Å². The summed E-state index contributed by atoms with van der Waals surface area (Å²) in [5.41, 5.74) is 3.33. The Labute approximate surface area is 208 Å². The summed E-state index contributed by atoms with van der Waals surface area (Å²) in [4.78, 5) is 15.1. The van der Waals surface area contributed by atoms with Gasteiger partial charge in [-0.05, 0) is 31.2 Å². The van der Waals surface area contributed by atoms with Crippen LogP contribution in [0.3, 0.4) is 0 Å². The number of anilines is 1. The number of aliphatic hydroxyl groups is 2. The zero-order valence-electron chi connectivity index (χ0n) is 19.1. The van der Waals surface area contributed by atoms with Crippen molar-refractivity contribution < 1.29 is 42.9 Å². The van der Waals surface area contributed by atoms with E-state index in [1.165, 1.54) is 36.4 Å². The predicted molar refractivity (Wildman–Crippen MR) is 122 cm³/mol. The summed E-state index contributed by atoms with van der Waals surface area (Å²) < 4.78 is 46.2. The monoisotopic (exact) mass is 536 g/mol. The molecule has 0 aliphatic carbocycles. The Bertz CT molecular complexity index is 1400. The number of alkyl halides is 1. The minimum absolute atomic E-state index is 0.0000495. The van der Waals surface area contributed by atoms with Gasteiger partial charge in [0.1, 0.15) is 48.5 Å². The molecule has 1 aliphatic rings. The van der Waals surface area contributed by atoms with Crippen molar-refractivity contribution >= 4 is 25.1 Å². The van der Waals surface area contributed by atoms with E-state index in [-0.39, 0.29) is 22.8 Å². The highest BCUT2D eigenvalue weighted by atomic mass is 31.2. The smallest absolute Gasteiger partial charge is 0.459 e. The van der Waals surface area contributed by atoms with Crippen LogP contribution < -0.4 is 15.3 Å². The average Bonchev–Trinajstić information content (AvgIpc) is 3.39. The molecule has 14 nitrogen and oxygen atoms in total. The molecule has 0 saturated carbocycles. The number of carbonyl (C=O) groups is 1. The van der Waals surface area contributed by atoms with Crippen LogP contribution in [0.4, 0.5) is 10.2 Å². The van der Waals surface area contributed by atoms with E-state index in [0.717, 1.165) is 17.8 Å². The van der Waals surface area contributed by atoms with Crippen molar-refractivity contribution in [2.75, 3.05) is 12.3 Å². The van der Waals surface area contributed by atoms with Crippen LogP contribution in [0.5, 0.6) is 5.75 Å². The first-order valence-corrected chi connectivity index (χ1v) is 12.2. The van der Waals surface area contributed by atoms with Gasteiger partial charge in [0.05, 0.1) is 5.69 Å². The summed E-state index contributed by atoms with van der Waals surface area (Å²) in [6.07, 6.45) is -3.48. The van der Waals surface area contributed by atoms with E-state index in [9.17, 15) is 29.9 Å². The second kappa shape index (κ2) is 9.67. The summed E-state index contributed by atoms with van der Waals surface area (Å²) in [7, 11) is -4.62. The van der Waals surface area contributed by atoms with E-state index in [1.807, 2.05) is 0 Å². The molecule has 0 bridgehead atoms. The minimum atomic E-state index is -4.62. The third-order valence-electron chi connectivity index (χ3n) is 5.64. The summed E-state index contributed by atoms with van der Waals surface area (Å²) in [6.45, 7) is -0.187. The highest BCUT2D eigenvalue weighted by Crippen LogP contribution is 2.50. The molecule has 1 aliphatic heterocycles. The molecule has 1 unspecified atom stereocenters. The number of nitriles is 1. The van der Waals surface area contributed by atoms with E-state index in [0.29, 0.717) is 0 Å². The van der Waals surface area contributed by atoms with Gasteiger partial charge in [-0.1, -0.05) is 18.2 Å². The van der Waals surface area contributed by atoms with E-state index < -0.39 is 50.0 Å². The van der Waals surface area contributed by atoms with Gasteiger partial charge in [0.25, 0.3) is 5.85 Å². The first-order chi connectivity index (χ1) is 17.4. The second-order valence-corrected chi connectivity index (χ2v) is 9.84. The lowest BCUT2D eigenvalue weighted by atomic mass is 9.92. The summed E-state index contributed by atoms with van der Waals surface area (Å²) in [5.74, 6) is -4.69. The van der Waals surface area contributed by atoms with E-state index >= 15 is 4.39 Å². The molecular formula is C21H22FN6O8P. The average molecular weight is 536 g/mol. The number of para-hydroxylation sites is 1. The SMILES string of the molecule is C[C@H](NP(=O)(OC[C@@]1(F)O[C@@](C#N)(c2ccc3c(N)ncnn23)[C@H](O)[C@@H]1O)Oc1ccccc1)C(=O)O. The number of nitrogens with one attached hydrogen (secondary N) is 1. The molecule has 0 radical (unpaired) electrons. The third-order valence-corrected chi connectivity index (χ3v) is 7.26. The number of nitrogens with zero attached hydrogens (tertiary/aromatic N) is 4. The van der Waals surface area contributed by atoms with Gasteiger partial charge in [-0.25, -0.2) is 18.5 Å². The first kappa shape index (κ1) is 26.4. The predicted octanol–water partition coefficient (Wildman–Crippen LogP) is 0.715. The number of aromatic nitrogens is 3. The molecule has 3 heterocycles. The van der Waals surface area contributed by atoms with Gasteiger partial charge in [0, 0.05) is 0 Å². The Hall–Kier alpha value is -3.64. The van der Waals surface area contributed by atoms with Crippen LogP contribution >= 0.6 is 7.75 Å². The van der Waals surface area contributed by atoms with Crippen molar-refractivity contribution in [3.63, 3.8) is 0 Å². The minimum Gasteiger partial charge on any atom is -0.480 e. The number of ether oxygens (including phenoxy) is 1. The van der Waals surface area contributed by atoms with Crippen molar-refractivity contribution in [2.45, 2.75) is 36.6 Å². The lowest BCUT2D eigenvalue weighted by Gasteiger charge is -2.28. The van der Waals surface area contributed by atoms with Gasteiger partial charge >= 0.3 is 13.7 Å². The molecule has 16 heteroatoms. The molecule has 37 heavy (non-hydrogen) atoms. The molecule has 1 aromatic carbocycles. The van der Waals surface area contributed by atoms with Gasteiger partial charge < -0.3 is 30.3 Å². The fraction of sp³-hybridized carbons (Fsp3) is 0.333. The molecule has 3 aromatic rings. The Kier molecular flexibility index (Phi) is 6.91. The second-order valence-electron chi connectivity index (χ2n) is 8.15. The quantitative estimate of drug-likeness (QED) is 0.239. The summed E-state index contributed by atoms with van der Waals surface area (Å²) in [5, 5.41) is 46.6. The zero-order valence-corrected chi connectivity index (χ0v) is 20.0. The number of carboxylic acid groups (broad SMARTS) is 1. The largest absolute Gasteiger partial charge is 0.480 e. The maximum absolute atomic E-state index is 16.0. The van der Waals surface area contributed by atoms with Crippen molar-refractivity contribution in [3.05, 3.63) is 54.5 Å². The Morgan fingerprint density at radius 3 is 2.70 bits per heavy atom.